The molecule has 42 heteroatoms. The quantitative estimate of drug-likeness (QED) is 0.0471. The fourth-order valence-corrected chi connectivity index (χ4v) is 17.3. The van der Waals surface area contributed by atoms with Crippen molar-refractivity contribution in [1.82, 2.24) is 0 Å². The molecule has 624 valence electrons. The van der Waals surface area contributed by atoms with Crippen LogP contribution in [0.2, 0.25) is 10.0 Å². The van der Waals surface area contributed by atoms with E-state index in [0.29, 0.717) is 0 Å². The van der Waals surface area contributed by atoms with Crippen molar-refractivity contribution in [3.63, 3.8) is 0 Å². The van der Waals surface area contributed by atoms with Crippen LogP contribution in [0, 0.1) is 17.0 Å². The van der Waals surface area contributed by atoms with Crippen LogP contribution in [0.4, 0.5) is 0 Å². The van der Waals surface area contributed by atoms with Gasteiger partial charge in [0.1, 0.15) is 137 Å². The average molecular weight is 1630 g/mol. The first-order valence-electron chi connectivity index (χ1n) is 36.1. The number of phenols is 4. The van der Waals surface area contributed by atoms with Gasteiger partial charge in [-0.15, -0.1) is 0 Å². The summed E-state index contributed by atoms with van der Waals surface area (Å²) in [4.78, 5) is 39.7. The summed E-state index contributed by atoms with van der Waals surface area (Å²) in [5.74, 6) is -9.11. The van der Waals surface area contributed by atoms with Crippen LogP contribution in [-0.2, 0) is 118 Å². The van der Waals surface area contributed by atoms with Crippen LogP contribution in [0.3, 0.4) is 0 Å². The number of aromatic hydroxyl groups is 4. The van der Waals surface area contributed by atoms with Gasteiger partial charge in [0.15, 0.2) is 73.7 Å². The molecule has 2 aromatic rings. The van der Waals surface area contributed by atoms with Gasteiger partial charge in [0.05, 0.1) is 81.4 Å². The second-order valence-corrected chi connectivity index (χ2v) is 30.3. The van der Waals surface area contributed by atoms with E-state index < -0.39 is 272 Å². The Kier molecular flexibility index (Phi) is 25.0. The number of hydrogen-bond donors (Lipinski definition) is 9. The third kappa shape index (κ3) is 15.5. The topological polar surface area (TPSA) is 499 Å². The van der Waals surface area contributed by atoms with Crippen molar-refractivity contribution in [2.45, 2.75) is 288 Å². The molecule has 9 N–H and O–H groups in total. The van der Waals surface area contributed by atoms with Gasteiger partial charge >= 0.3 is 17.9 Å². The lowest BCUT2D eigenvalue weighted by Gasteiger charge is -2.50. The van der Waals surface area contributed by atoms with Crippen LogP contribution in [-0.4, -0.2) is 338 Å². The summed E-state index contributed by atoms with van der Waals surface area (Å²) < 4.78 is 159. The van der Waals surface area contributed by atoms with E-state index in [2.05, 4.69) is 0 Å². The summed E-state index contributed by atoms with van der Waals surface area (Å²) in [7, 11) is 6.49. The molecule has 0 bridgehead atoms. The molecule has 11 fully saturated rings. The number of halogens is 2. The number of nitro groups is 1. The largest absolute Gasteiger partial charge is 0.508 e. The Morgan fingerprint density at radius 3 is 1.95 bits per heavy atom. The van der Waals surface area contributed by atoms with Crippen molar-refractivity contribution in [2.24, 2.45) is 0 Å². The third-order valence-electron chi connectivity index (χ3n) is 22.3. The van der Waals surface area contributed by atoms with Crippen LogP contribution < -0.4 is 4.74 Å². The van der Waals surface area contributed by atoms with Gasteiger partial charge in [-0.25, -0.2) is 9.59 Å². The van der Waals surface area contributed by atoms with Crippen LogP contribution in [0.5, 0.6) is 28.7 Å². The number of esters is 2. The Bertz CT molecular complexity index is 3630. The van der Waals surface area contributed by atoms with Gasteiger partial charge in [-0.3, -0.25) is 10.1 Å². The molecule has 0 saturated carbocycles. The first kappa shape index (κ1) is 84.2. The van der Waals surface area contributed by atoms with Crippen molar-refractivity contribution < 1.29 is 184 Å². The van der Waals surface area contributed by atoms with E-state index in [1.807, 2.05) is 0 Å². The summed E-state index contributed by atoms with van der Waals surface area (Å²) in [6.45, 7) is 11.0. The molecule has 35 atom stereocenters. The van der Waals surface area contributed by atoms with Gasteiger partial charge in [-0.2, -0.15) is 0 Å². The Labute approximate surface area is 644 Å². The standard InChI is InChI=1S/C69H95Cl2NO39/c1-23-39(53(88-11)42(71)43(77)41(23)70)60(82)103-48-24(2)95-37(16-33(48)99-38-18-66(7,72(84)85)57(90-13)27(5)96-38)102-47-26(4)107-68(17-32(47)76)110-58-28(6)98-65(56(81)67(58,8)111-68)105-54-46(80)63(97-25(3)49(54)87-10)104-50-34(19-86-9)101-64(55(89-12)44(50)78)106-62-45(79)51-36(20-91-62)108-69(109-51)59-52(92-22-93-59)35(21-94-69)100-61(83)40-30(74)14-29(73)15-31(40)75/h14-15,24-28,32-38,44-52,54-59,62-65,73-81H,16-22H2,1-13H3/t24-,25-,26-,27+,28-,32-,33-,34-,35-,36+,37+,38+,44+,45-,46-,47-,48-,49+,50-,51-,52+,54-,55+,56-,57+,58-,59-,62+,63+,64+,65+,66+,67-,68-,69-/m1/s1. The number of rotatable bonds is 21. The SMILES string of the molecule is COC[C@H]1O[C@@H](O[C@@H]2OC[C@@H]3O[C@@]4(OC[C@@H](OC(=O)c5c(O)cc(O)cc5O)[C@@H]5OCO[C@H]54)O[C@H]3[C@H]2O)[C@@H](OC)[C@@H](O)[C@@H]1O[C@@H]1O[C@H](C)[C@H](OC)[C@H](O[C@@H]2O[C@H](C)[C@H]3O[C@]4(C[C@@H](O)[C@H](O[C@H]5C[C@@H](O[C@H]6C[C@](C)([N+](=O)[O-])[C@@H](OC)[C@H](C)O6)[C@H](OC(=O)c6c(C)c(Cl)c(O)c(Cl)c6OC)[C@@H](C)O5)[C@@H](C)O4)O[C@]3(C)[C@@H]2O)[C@H]1O. The monoisotopic (exact) mass is 1630 g/mol. The van der Waals surface area contributed by atoms with Crippen LogP contribution in [0.1, 0.15) is 94.0 Å². The van der Waals surface area contributed by atoms with Crippen LogP contribution >= 0.6 is 23.2 Å². The summed E-state index contributed by atoms with van der Waals surface area (Å²) in [6.07, 6.45) is -41.4. The molecule has 11 aliphatic rings. The number of fused-ring (bicyclic) bond motifs is 4. The molecule has 11 saturated heterocycles. The zero-order chi connectivity index (χ0) is 80.2. The Hall–Kier alpha value is -4.76. The Balaban J connectivity index is 0.644. The van der Waals surface area contributed by atoms with E-state index in [1.54, 1.807) is 34.6 Å². The molecular formula is C69H95Cl2NO39. The number of aliphatic hydroxyl groups excluding tert-OH is 5. The highest BCUT2D eigenvalue weighted by atomic mass is 35.5. The first-order valence-corrected chi connectivity index (χ1v) is 36.8. The van der Waals surface area contributed by atoms with Crippen molar-refractivity contribution in [1.29, 1.82) is 0 Å². The first-order chi connectivity index (χ1) is 52.6. The predicted molar refractivity (Wildman–Crippen MR) is 360 cm³/mol. The molecule has 111 heavy (non-hydrogen) atoms. The van der Waals surface area contributed by atoms with Gasteiger partial charge in [0.25, 0.3) is 11.5 Å². The molecule has 2 spiro atoms. The smallest absolute Gasteiger partial charge is 0.346 e. The van der Waals surface area contributed by atoms with Gasteiger partial charge in [-0.05, 0) is 54.0 Å². The van der Waals surface area contributed by atoms with E-state index in [9.17, 15) is 65.7 Å². The second kappa shape index (κ2) is 33.0. The highest BCUT2D eigenvalue weighted by molar-refractivity contribution is 6.39. The molecule has 0 amide bonds. The molecule has 2 aromatic carbocycles. The van der Waals surface area contributed by atoms with E-state index in [0.717, 1.165) is 12.1 Å². The molecule has 0 aromatic heterocycles. The molecule has 40 nitrogen and oxygen atoms in total. The zero-order valence-electron chi connectivity index (χ0n) is 62.5. The lowest BCUT2D eigenvalue weighted by atomic mass is 9.85. The minimum Gasteiger partial charge on any atom is -0.508 e. The van der Waals surface area contributed by atoms with E-state index in [-0.39, 0.29) is 59.8 Å². The van der Waals surface area contributed by atoms with Crippen molar-refractivity contribution >= 4 is 35.1 Å². The minimum atomic E-state index is -2.07. The fourth-order valence-electron chi connectivity index (χ4n) is 16.8. The maximum Gasteiger partial charge on any atom is 0.346 e. The molecule has 0 radical (unpaired) electrons. The second-order valence-electron chi connectivity index (χ2n) is 29.6. The fraction of sp³-hybridized carbons (Fsp3) is 0.797. The number of carbonyl (C=O) groups is 2. The number of hydrogen-bond acceptors (Lipinski definition) is 39. The van der Waals surface area contributed by atoms with E-state index in [1.165, 1.54) is 56.3 Å². The molecule has 13 rings (SSSR count). The number of nitrogens with zero attached hydrogens (tertiary/aromatic N) is 1. The average Bonchev–Trinajstić information content (AvgIpc) is 1.58. The van der Waals surface area contributed by atoms with Gasteiger partial charge < -0.3 is 169 Å². The van der Waals surface area contributed by atoms with Crippen molar-refractivity contribution in [3.05, 3.63) is 49.0 Å². The maximum absolute atomic E-state index is 14.3. The van der Waals surface area contributed by atoms with Crippen molar-refractivity contribution in [2.75, 3.05) is 62.2 Å². The molecule has 11 aliphatic heterocycles. The number of ether oxygens (including phenoxy) is 26. The number of methoxy groups -OCH3 is 5. The molecular weight excluding hydrogens is 1540 g/mol. The minimum absolute atomic E-state index is 0.0675. The zero-order valence-corrected chi connectivity index (χ0v) is 64.0. The Morgan fingerprint density at radius 2 is 1.28 bits per heavy atom. The maximum atomic E-state index is 14.3. The normalized spacial score (nSPS) is 45.6. The summed E-state index contributed by atoms with van der Waals surface area (Å²) in [5, 5.41) is 114. The summed E-state index contributed by atoms with van der Waals surface area (Å²) >= 11 is 12.8. The van der Waals surface area contributed by atoms with Gasteiger partial charge in [0, 0.05) is 58.8 Å². The molecule has 0 unspecified atom stereocenters. The lowest BCUT2D eigenvalue weighted by molar-refractivity contribution is -0.595. The number of aliphatic hydroxyl groups is 5. The third-order valence-corrected chi connectivity index (χ3v) is 23.1. The summed E-state index contributed by atoms with van der Waals surface area (Å²) in [5.41, 5.74) is -4.24. The predicted octanol–water partition coefficient (Wildman–Crippen LogP) is 0.659. The van der Waals surface area contributed by atoms with Crippen LogP contribution in [0.15, 0.2) is 12.1 Å². The van der Waals surface area contributed by atoms with Gasteiger partial charge in [-0.1, -0.05) is 23.2 Å². The van der Waals surface area contributed by atoms with Crippen LogP contribution in [0.25, 0.3) is 0 Å². The Morgan fingerprint density at radius 1 is 0.604 bits per heavy atom. The van der Waals surface area contributed by atoms with E-state index in [4.69, 9.17) is 146 Å². The summed E-state index contributed by atoms with van der Waals surface area (Å²) in [6, 6.07) is 1.68. The lowest BCUT2D eigenvalue weighted by Crippen LogP contribution is -2.68. The van der Waals surface area contributed by atoms with E-state index >= 15 is 0 Å². The van der Waals surface area contributed by atoms with Gasteiger partial charge in [0.2, 0.25) is 0 Å². The molecule has 0 aliphatic carbocycles. The molecule has 11 heterocycles. The number of carbonyl (C=O) groups excluding carboxylic acids is 2. The highest BCUT2D eigenvalue weighted by Gasteiger charge is 2.70. The van der Waals surface area contributed by atoms with Crippen molar-refractivity contribution in [3.8, 4) is 28.7 Å². The highest BCUT2D eigenvalue weighted by Crippen LogP contribution is 2.53. The number of benzene rings is 2. The number of phenolic OH excluding ortho intramolecular Hbond substituents is 4.